The van der Waals surface area contributed by atoms with Gasteiger partial charge in [0.1, 0.15) is 5.56 Å². The molecule has 0 saturated heterocycles. The van der Waals surface area contributed by atoms with E-state index in [9.17, 15) is 9.59 Å². The van der Waals surface area contributed by atoms with Gasteiger partial charge in [-0.25, -0.2) is 9.59 Å². The Balaban J connectivity index is 2.67. The van der Waals surface area contributed by atoms with E-state index < -0.39 is 11.9 Å². The molecule has 1 aliphatic rings. The molecule has 2 rings (SSSR count). The number of carbonyl (C=O) groups is 2. The maximum absolute atomic E-state index is 10.8. The lowest BCUT2D eigenvalue weighted by atomic mass is 10.3. The molecule has 0 bridgehead atoms. The van der Waals surface area contributed by atoms with Crippen LogP contribution in [0, 0.1) is 0 Å². The minimum Gasteiger partial charge on any atom is -0.384 e. The highest BCUT2D eigenvalue weighted by Crippen LogP contribution is 2.16. The summed E-state index contributed by atoms with van der Waals surface area (Å²) < 4.78 is 5.68. The van der Waals surface area contributed by atoms with E-state index in [-0.39, 0.29) is 11.3 Å². The molecule has 2 heterocycles. The molecule has 0 aromatic carbocycles. The second kappa shape index (κ2) is 1.69. The first-order chi connectivity index (χ1) is 5.18. The largest absolute Gasteiger partial charge is 0.384 e. The van der Waals surface area contributed by atoms with Gasteiger partial charge < -0.3 is 4.74 Å². The summed E-state index contributed by atoms with van der Waals surface area (Å²) in [6, 6.07) is 0. The second-order valence-electron chi connectivity index (χ2n) is 2.24. The second-order valence-corrected chi connectivity index (χ2v) is 2.24. The van der Waals surface area contributed by atoms with Crippen molar-refractivity contribution in [2.75, 3.05) is 0 Å². The van der Waals surface area contributed by atoms with Crippen molar-refractivity contribution in [2.24, 2.45) is 7.05 Å². The van der Waals surface area contributed by atoms with Crippen LogP contribution in [0.2, 0.25) is 0 Å². The number of rotatable bonds is 0. The zero-order valence-electron chi connectivity index (χ0n) is 5.70. The number of ether oxygens (including phenoxy) is 1. The Kier molecular flexibility index (Phi) is 0.934. The molecule has 0 unspecified atom stereocenters. The minimum absolute atomic E-state index is 0.109. The summed E-state index contributed by atoms with van der Waals surface area (Å²) in [6.07, 6.45) is 1.46. The Bertz CT molecular complexity index is 321. The monoisotopic (exact) mass is 152 g/mol. The topological polar surface area (TPSA) is 61.2 Å². The van der Waals surface area contributed by atoms with Gasteiger partial charge >= 0.3 is 11.9 Å². The fourth-order valence-corrected chi connectivity index (χ4v) is 0.976. The van der Waals surface area contributed by atoms with Crippen LogP contribution in [0.25, 0.3) is 0 Å². The number of hydrogen-bond donors (Lipinski definition) is 0. The minimum atomic E-state index is -0.661. The summed E-state index contributed by atoms with van der Waals surface area (Å²) in [5.74, 6) is -1.27. The molecule has 5 nitrogen and oxygen atoms in total. The van der Waals surface area contributed by atoms with Crippen molar-refractivity contribution in [3.05, 3.63) is 17.5 Å². The number of aromatic nitrogens is 2. The first-order valence-corrected chi connectivity index (χ1v) is 2.98. The van der Waals surface area contributed by atoms with Gasteiger partial charge in [0.2, 0.25) is 0 Å². The summed E-state index contributed by atoms with van der Waals surface area (Å²) in [6.45, 7) is 0. The van der Waals surface area contributed by atoms with Crippen LogP contribution < -0.4 is 0 Å². The highest BCUT2D eigenvalue weighted by molar-refractivity contribution is 6.13. The summed E-state index contributed by atoms with van der Waals surface area (Å²) in [5.41, 5.74) is 0.356. The smallest absolute Gasteiger partial charge is 0.367 e. The lowest BCUT2D eigenvalue weighted by Gasteiger charge is -1.88. The van der Waals surface area contributed by atoms with E-state index in [2.05, 4.69) is 9.84 Å². The molecule has 1 aliphatic heterocycles. The molecular formula is C6H4N2O3. The average molecular weight is 152 g/mol. The third kappa shape index (κ3) is 0.674. The van der Waals surface area contributed by atoms with Gasteiger partial charge in [-0.05, 0) is 0 Å². The van der Waals surface area contributed by atoms with Crippen molar-refractivity contribution in [3.63, 3.8) is 0 Å². The molecule has 0 fully saturated rings. The fraction of sp³-hybridized carbons (Fsp3) is 0.167. The molecule has 56 valence electrons. The summed E-state index contributed by atoms with van der Waals surface area (Å²) >= 11 is 0. The Labute approximate surface area is 61.6 Å². The standard InChI is InChI=1S/C6H4N2O3/c1-8-2-3-4(7-8)6(10)11-5(3)9/h2H,1H3. The third-order valence-corrected chi connectivity index (χ3v) is 1.43. The number of fused-ring (bicyclic) bond motifs is 1. The van der Waals surface area contributed by atoms with E-state index in [0.717, 1.165) is 0 Å². The number of aryl methyl sites for hydroxylation is 1. The predicted octanol–water partition coefficient (Wildman–Crippen LogP) is -0.269. The predicted molar refractivity (Wildman–Crippen MR) is 33.0 cm³/mol. The molecule has 1 aromatic heterocycles. The molecule has 0 saturated carbocycles. The van der Waals surface area contributed by atoms with Gasteiger partial charge in [-0.2, -0.15) is 5.10 Å². The van der Waals surface area contributed by atoms with Crippen molar-refractivity contribution in [2.45, 2.75) is 0 Å². The summed E-state index contributed by atoms with van der Waals surface area (Å²) in [5, 5.41) is 3.74. The number of esters is 2. The number of carbonyl (C=O) groups excluding carboxylic acids is 2. The Morgan fingerprint density at radius 1 is 1.45 bits per heavy atom. The van der Waals surface area contributed by atoms with Crippen LogP contribution in [0.15, 0.2) is 6.20 Å². The fourth-order valence-electron chi connectivity index (χ4n) is 0.976. The molecule has 0 N–H and O–H groups in total. The lowest BCUT2D eigenvalue weighted by molar-refractivity contribution is 0.0438. The Morgan fingerprint density at radius 3 is 2.82 bits per heavy atom. The van der Waals surface area contributed by atoms with Crippen LogP contribution in [0.4, 0.5) is 0 Å². The summed E-state index contributed by atoms with van der Waals surface area (Å²) in [4.78, 5) is 21.6. The van der Waals surface area contributed by atoms with E-state index in [4.69, 9.17) is 0 Å². The number of nitrogens with zero attached hydrogens (tertiary/aromatic N) is 2. The van der Waals surface area contributed by atoms with E-state index in [0.29, 0.717) is 0 Å². The van der Waals surface area contributed by atoms with E-state index >= 15 is 0 Å². The van der Waals surface area contributed by atoms with Crippen molar-refractivity contribution in [1.82, 2.24) is 9.78 Å². The average Bonchev–Trinajstić information content (AvgIpc) is 2.38. The SMILES string of the molecule is Cn1cc2c(n1)C(=O)OC2=O. The Morgan fingerprint density at radius 2 is 2.18 bits per heavy atom. The molecule has 11 heavy (non-hydrogen) atoms. The van der Waals surface area contributed by atoms with Crippen molar-refractivity contribution in [3.8, 4) is 0 Å². The van der Waals surface area contributed by atoms with Gasteiger partial charge in [-0.1, -0.05) is 0 Å². The van der Waals surface area contributed by atoms with Crippen LogP contribution in [0.1, 0.15) is 20.8 Å². The molecule has 5 heteroatoms. The van der Waals surface area contributed by atoms with Gasteiger partial charge in [0.15, 0.2) is 5.69 Å². The van der Waals surface area contributed by atoms with Gasteiger partial charge in [-0.3, -0.25) is 4.68 Å². The zero-order valence-corrected chi connectivity index (χ0v) is 5.70. The van der Waals surface area contributed by atoms with Crippen molar-refractivity contribution < 1.29 is 14.3 Å². The van der Waals surface area contributed by atoms with Gasteiger partial charge in [-0.15, -0.1) is 0 Å². The van der Waals surface area contributed by atoms with Crippen LogP contribution >= 0.6 is 0 Å². The summed E-state index contributed by atoms with van der Waals surface area (Å²) in [7, 11) is 1.64. The normalized spacial score (nSPS) is 15.0. The molecule has 0 radical (unpaired) electrons. The first-order valence-electron chi connectivity index (χ1n) is 2.98. The quantitative estimate of drug-likeness (QED) is 0.379. The van der Waals surface area contributed by atoms with Crippen LogP contribution in [0.3, 0.4) is 0 Å². The molecule has 0 amide bonds. The Hall–Kier alpha value is -1.65. The first kappa shape index (κ1) is 6.09. The zero-order chi connectivity index (χ0) is 8.01. The maximum Gasteiger partial charge on any atom is 0.367 e. The lowest BCUT2D eigenvalue weighted by Crippen LogP contribution is -2.02. The third-order valence-electron chi connectivity index (χ3n) is 1.43. The van der Waals surface area contributed by atoms with Gasteiger partial charge in [0.25, 0.3) is 0 Å². The van der Waals surface area contributed by atoms with Gasteiger partial charge in [0.05, 0.1) is 0 Å². The number of hydrogen-bond acceptors (Lipinski definition) is 4. The molecule has 0 spiro atoms. The van der Waals surface area contributed by atoms with Gasteiger partial charge in [0, 0.05) is 13.2 Å². The van der Waals surface area contributed by atoms with Crippen molar-refractivity contribution >= 4 is 11.9 Å². The van der Waals surface area contributed by atoms with E-state index in [1.807, 2.05) is 0 Å². The maximum atomic E-state index is 10.8. The van der Waals surface area contributed by atoms with Crippen molar-refractivity contribution in [1.29, 1.82) is 0 Å². The molecule has 0 atom stereocenters. The van der Waals surface area contributed by atoms with Crippen LogP contribution in [0.5, 0.6) is 0 Å². The highest BCUT2D eigenvalue weighted by Gasteiger charge is 2.32. The molecule has 1 aromatic rings. The highest BCUT2D eigenvalue weighted by atomic mass is 16.6. The van der Waals surface area contributed by atoms with E-state index in [1.54, 1.807) is 7.05 Å². The molecule has 0 aliphatic carbocycles. The van der Waals surface area contributed by atoms with Crippen LogP contribution in [-0.2, 0) is 11.8 Å². The van der Waals surface area contributed by atoms with E-state index in [1.165, 1.54) is 10.9 Å². The molecular weight excluding hydrogens is 148 g/mol. The number of cyclic esters (lactones) is 2. The van der Waals surface area contributed by atoms with Crippen LogP contribution in [-0.4, -0.2) is 21.7 Å².